The predicted octanol–water partition coefficient (Wildman–Crippen LogP) is 2.96. The molecule has 0 saturated heterocycles. The summed E-state index contributed by atoms with van der Waals surface area (Å²) in [5.41, 5.74) is 4.68. The Morgan fingerprint density at radius 3 is 2.48 bits per heavy atom. The number of carbonyl (C=O) groups excluding carboxylic acids is 1. The Morgan fingerprint density at radius 1 is 0.963 bits per heavy atom. The molecule has 0 aliphatic carbocycles. The summed E-state index contributed by atoms with van der Waals surface area (Å²) >= 11 is 0. The minimum Gasteiger partial charge on any atom is -0.345 e. The van der Waals surface area contributed by atoms with Crippen molar-refractivity contribution in [2.45, 2.75) is 20.4 Å². The van der Waals surface area contributed by atoms with E-state index in [1.807, 2.05) is 50.2 Å². The van der Waals surface area contributed by atoms with Crippen LogP contribution in [0.3, 0.4) is 0 Å². The Kier molecular flexibility index (Phi) is 4.33. The second-order valence-corrected chi connectivity index (χ2v) is 6.25. The molecule has 2 aromatic carbocycles. The number of nitrogens with zero attached hydrogens (tertiary/aromatic N) is 4. The van der Waals surface area contributed by atoms with E-state index in [-0.39, 0.29) is 12.5 Å². The number of aryl methyl sites for hydroxylation is 2. The third-order valence-corrected chi connectivity index (χ3v) is 4.32. The smallest absolute Gasteiger partial charge is 0.251 e. The lowest BCUT2D eigenvalue weighted by atomic mass is 10.1. The van der Waals surface area contributed by atoms with Gasteiger partial charge in [0, 0.05) is 11.1 Å². The largest absolute Gasteiger partial charge is 0.345 e. The van der Waals surface area contributed by atoms with Crippen LogP contribution in [0.2, 0.25) is 0 Å². The number of H-pyrrole nitrogens is 1. The predicted molar refractivity (Wildman–Crippen MR) is 102 cm³/mol. The van der Waals surface area contributed by atoms with Crippen LogP contribution in [0.4, 0.5) is 0 Å². The van der Waals surface area contributed by atoms with E-state index in [9.17, 15) is 4.79 Å². The summed E-state index contributed by atoms with van der Waals surface area (Å²) in [5.74, 6) is 0.996. The van der Waals surface area contributed by atoms with Crippen LogP contribution >= 0.6 is 0 Å². The maximum absolute atomic E-state index is 12.5. The quantitative estimate of drug-likeness (QED) is 0.585. The number of benzene rings is 2. The van der Waals surface area contributed by atoms with E-state index in [0.29, 0.717) is 22.7 Å². The number of amides is 1. The Balaban J connectivity index is 1.47. The highest BCUT2D eigenvalue weighted by atomic mass is 16.1. The number of aromatic amines is 1. The molecule has 0 fully saturated rings. The minimum atomic E-state index is -0.199. The number of hydrogen-bond acceptors (Lipinski definition) is 5. The molecule has 0 atom stereocenters. The first-order valence-corrected chi connectivity index (χ1v) is 8.60. The van der Waals surface area contributed by atoms with Crippen molar-refractivity contribution in [3.05, 3.63) is 71.3 Å². The van der Waals surface area contributed by atoms with Crippen LogP contribution in [0.15, 0.2) is 48.5 Å². The highest BCUT2D eigenvalue weighted by Gasteiger charge is 2.11. The fourth-order valence-corrected chi connectivity index (χ4v) is 2.73. The molecular formula is C20H18N6O. The molecule has 7 nitrogen and oxygen atoms in total. The fourth-order valence-electron chi connectivity index (χ4n) is 2.73. The van der Waals surface area contributed by atoms with Crippen molar-refractivity contribution in [3.8, 4) is 11.4 Å². The van der Waals surface area contributed by atoms with E-state index in [2.05, 4.69) is 30.5 Å². The van der Waals surface area contributed by atoms with Crippen molar-refractivity contribution in [2.75, 3.05) is 0 Å². The summed E-state index contributed by atoms with van der Waals surface area (Å²) < 4.78 is 0. The van der Waals surface area contributed by atoms with Crippen molar-refractivity contribution >= 4 is 16.9 Å². The SMILES string of the molecule is Cc1nc2ccc(C(=O)NCc3nc(-c4ccccc4)n[nH]3)cc2nc1C. The van der Waals surface area contributed by atoms with Crippen molar-refractivity contribution in [1.82, 2.24) is 30.5 Å². The van der Waals surface area contributed by atoms with Crippen LogP contribution in [-0.4, -0.2) is 31.1 Å². The number of fused-ring (bicyclic) bond motifs is 1. The second-order valence-electron chi connectivity index (χ2n) is 6.25. The average molecular weight is 358 g/mol. The number of aromatic nitrogens is 5. The van der Waals surface area contributed by atoms with Gasteiger partial charge in [-0.1, -0.05) is 30.3 Å². The van der Waals surface area contributed by atoms with Gasteiger partial charge >= 0.3 is 0 Å². The topological polar surface area (TPSA) is 96.5 Å². The van der Waals surface area contributed by atoms with Crippen molar-refractivity contribution in [3.63, 3.8) is 0 Å². The lowest BCUT2D eigenvalue weighted by Crippen LogP contribution is -2.23. The van der Waals surface area contributed by atoms with E-state index >= 15 is 0 Å². The molecule has 0 radical (unpaired) electrons. The van der Waals surface area contributed by atoms with Gasteiger partial charge in [0.1, 0.15) is 5.82 Å². The molecule has 4 aromatic rings. The van der Waals surface area contributed by atoms with Crippen LogP contribution in [0, 0.1) is 13.8 Å². The van der Waals surface area contributed by atoms with Crippen molar-refractivity contribution < 1.29 is 4.79 Å². The van der Waals surface area contributed by atoms with Gasteiger partial charge in [-0.05, 0) is 32.0 Å². The van der Waals surface area contributed by atoms with Crippen molar-refractivity contribution in [1.29, 1.82) is 0 Å². The molecule has 2 heterocycles. The molecule has 1 amide bonds. The highest BCUT2D eigenvalue weighted by Crippen LogP contribution is 2.15. The van der Waals surface area contributed by atoms with E-state index in [1.54, 1.807) is 12.1 Å². The lowest BCUT2D eigenvalue weighted by molar-refractivity contribution is 0.0950. The molecule has 0 aliphatic rings. The lowest BCUT2D eigenvalue weighted by Gasteiger charge is -2.06. The fraction of sp³-hybridized carbons (Fsp3) is 0.150. The van der Waals surface area contributed by atoms with E-state index < -0.39 is 0 Å². The first-order valence-electron chi connectivity index (χ1n) is 8.60. The molecule has 7 heteroatoms. The molecule has 0 saturated carbocycles. The first kappa shape index (κ1) is 16.8. The summed E-state index contributed by atoms with van der Waals surface area (Å²) in [4.78, 5) is 25.9. The third kappa shape index (κ3) is 3.52. The van der Waals surface area contributed by atoms with Crippen LogP contribution < -0.4 is 5.32 Å². The molecule has 0 unspecified atom stereocenters. The highest BCUT2D eigenvalue weighted by molar-refractivity contribution is 5.97. The molecule has 0 aliphatic heterocycles. The van der Waals surface area contributed by atoms with Gasteiger partial charge in [0.05, 0.1) is 29.0 Å². The average Bonchev–Trinajstić information content (AvgIpc) is 3.16. The number of hydrogen-bond donors (Lipinski definition) is 2. The van der Waals surface area contributed by atoms with Crippen LogP contribution in [0.1, 0.15) is 27.6 Å². The van der Waals surface area contributed by atoms with E-state index in [0.717, 1.165) is 22.5 Å². The molecule has 0 bridgehead atoms. The molecular weight excluding hydrogens is 340 g/mol. The zero-order valence-electron chi connectivity index (χ0n) is 15.0. The molecule has 4 rings (SSSR count). The van der Waals surface area contributed by atoms with Gasteiger partial charge < -0.3 is 5.32 Å². The Hall–Kier alpha value is -3.61. The maximum atomic E-state index is 12.5. The monoisotopic (exact) mass is 358 g/mol. The molecule has 134 valence electrons. The van der Waals surface area contributed by atoms with Gasteiger partial charge in [0.25, 0.3) is 5.91 Å². The zero-order valence-corrected chi connectivity index (χ0v) is 15.0. The number of rotatable bonds is 4. The van der Waals surface area contributed by atoms with Crippen LogP contribution in [-0.2, 0) is 6.54 Å². The van der Waals surface area contributed by atoms with Gasteiger partial charge in [-0.3, -0.25) is 9.89 Å². The van der Waals surface area contributed by atoms with Gasteiger partial charge in [-0.2, -0.15) is 5.10 Å². The van der Waals surface area contributed by atoms with Gasteiger partial charge in [0.15, 0.2) is 5.82 Å². The molecule has 0 spiro atoms. The molecule has 2 aromatic heterocycles. The van der Waals surface area contributed by atoms with E-state index in [1.165, 1.54) is 0 Å². The summed E-state index contributed by atoms with van der Waals surface area (Å²) in [6, 6.07) is 15.0. The number of carbonyl (C=O) groups is 1. The van der Waals surface area contributed by atoms with Gasteiger partial charge in [-0.15, -0.1) is 0 Å². The first-order chi connectivity index (χ1) is 13.1. The van der Waals surface area contributed by atoms with Gasteiger partial charge in [0.2, 0.25) is 0 Å². The van der Waals surface area contributed by atoms with Crippen molar-refractivity contribution in [2.24, 2.45) is 0 Å². The summed E-state index contributed by atoms with van der Waals surface area (Å²) in [7, 11) is 0. The number of nitrogens with one attached hydrogen (secondary N) is 2. The van der Waals surface area contributed by atoms with E-state index in [4.69, 9.17) is 0 Å². The molecule has 2 N–H and O–H groups in total. The standard InChI is InChI=1S/C20H18N6O/c1-12-13(2)23-17-10-15(8-9-16(17)22-12)20(27)21-11-18-24-19(26-25-18)14-6-4-3-5-7-14/h3-10H,11H2,1-2H3,(H,21,27)(H,24,25,26). The third-order valence-electron chi connectivity index (χ3n) is 4.32. The summed E-state index contributed by atoms with van der Waals surface area (Å²) in [6.07, 6.45) is 0. The Morgan fingerprint density at radius 2 is 1.70 bits per heavy atom. The van der Waals surface area contributed by atoms with Gasteiger partial charge in [-0.25, -0.2) is 15.0 Å². The Labute approximate surface area is 155 Å². The van der Waals surface area contributed by atoms with Crippen LogP contribution in [0.25, 0.3) is 22.4 Å². The maximum Gasteiger partial charge on any atom is 0.251 e. The molecule has 27 heavy (non-hydrogen) atoms. The Bertz CT molecular complexity index is 1120. The minimum absolute atomic E-state index is 0.199. The summed E-state index contributed by atoms with van der Waals surface area (Å²) in [6.45, 7) is 4.08. The summed E-state index contributed by atoms with van der Waals surface area (Å²) in [5, 5.41) is 9.90. The van der Waals surface area contributed by atoms with Crippen LogP contribution in [0.5, 0.6) is 0 Å². The second kappa shape index (κ2) is 6.95. The normalized spacial score (nSPS) is 10.9. The zero-order chi connectivity index (χ0) is 18.8.